The maximum Gasteiger partial charge on any atom is 0.325 e. The van der Waals surface area contributed by atoms with Crippen molar-refractivity contribution in [1.29, 1.82) is 0 Å². The number of aliphatic carboxylic acids is 1. The van der Waals surface area contributed by atoms with Crippen LogP contribution in [0.15, 0.2) is 18.2 Å². The van der Waals surface area contributed by atoms with E-state index in [0.29, 0.717) is 11.5 Å². The standard InChI is InChI=1S/C15H13N5O3S/c1-7-13-9(8-3-2-4-10-14(8)19-24-18-10)5-11(21)16-15(13)20(17-7)6-12(22)23/h2-4,9H,5-6H2,1H3,(H,16,21)(H,22,23). The lowest BCUT2D eigenvalue weighted by Crippen LogP contribution is -2.26. The molecule has 2 aromatic heterocycles. The third-order valence-electron chi connectivity index (χ3n) is 4.15. The highest BCUT2D eigenvalue weighted by Crippen LogP contribution is 2.41. The lowest BCUT2D eigenvalue weighted by Gasteiger charge is -2.24. The molecule has 2 N–H and O–H groups in total. The number of benzene rings is 1. The van der Waals surface area contributed by atoms with E-state index >= 15 is 0 Å². The van der Waals surface area contributed by atoms with Gasteiger partial charge in [0.25, 0.3) is 0 Å². The second-order valence-electron chi connectivity index (χ2n) is 5.68. The molecule has 1 atom stereocenters. The molecule has 0 radical (unpaired) electrons. The average Bonchev–Trinajstić information content (AvgIpc) is 3.11. The van der Waals surface area contributed by atoms with E-state index in [9.17, 15) is 9.59 Å². The number of aromatic nitrogens is 4. The number of nitrogens with one attached hydrogen (secondary N) is 1. The minimum atomic E-state index is -1.01. The first-order chi connectivity index (χ1) is 11.5. The minimum Gasteiger partial charge on any atom is -0.480 e. The Kier molecular flexibility index (Phi) is 3.31. The molecule has 0 bridgehead atoms. The predicted octanol–water partition coefficient (Wildman–Crippen LogP) is 1.75. The first kappa shape index (κ1) is 14.8. The lowest BCUT2D eigenvalue weighted by atomic mass is 9.85. The Morgan fingerprint density at radius 3 is 3.08 bits per heavy atom. The van der Waals surface area contributed by atoms with Crippen molar-refractivity contribution >= 4 is 40.5 Å². The maximum absolute atomic E-state index is 12.2. The van der Waals surface area contributed by atoms with Gasteiger partial charge in [0, 0.05) is 17.9 Å². The number of amides is 1. The number of aryl methyl sites for hydroxylation is 1. The molecule has 0 aliphatic carbocycles. The highest BCUT2D eigenvalue weighted by atomic mass is 32.1. The molecule has 1 aromatic carbocycles. The molecule has 3 aromatic rings. The van der Waals surface area contributed by atoms with Gasteiger partial charge in [-0.05, 0) is 18.6 Å². The zero-order valence-electron chi connectivity index (χ0n) is 12.7. The molecule has 1 unspecified atom stereocenters. The summed E-state index contributed by atoms with van der Waals surface area (Å²) in [6.45, 7) is 1.52. The normalized spacial score (nSPS) is 16.9. The summed E-state index contributed by atoms with van der Waals surface area (Å²) in [5.74, 6) is -0.943. The van der Waals surface area contributed by atoms with E-state index < -0.39 is 5.97 Å². The highest BCUT2D eigenvalue weighted by Gasteiger charge is 2.33. The number of fused-ring (bicyclic) bond motifs is 2. The Bertz CT molecular complexity index is 977. The molecule has 1 aliphatic rings. The lowest BCUT2D eigenvalue weighted by molar-refractivity contribution is -0.137. The fraction of sp³-hybridized carbons (Fsp3) is 0.267. The summed E-state index contributed by atoms with van der Waals surface area (Å²) in [4.78, 5) is 23.2. The van der Waals surface area contributed by atoms with Crippen LogP contribution in [0.2, 0.25) is 0 Å². The van der Waals surface area contributed by atoms with Gasteiger partial charge in [0.15, 0.2) is 0 Å². The van der Waals surface area contributed by atoms with E-state index in [1.165, 1.54) is 4.68 Å². The number of carboxylic acid groups (broad SMARTS) is 1. The number of anilines is 1. The summed E-state index contributed by atoms with van der Waals surface area (Å²) in [7, 11) is 0. The molecule has 8 nitrogen and oxygen atoms in total. The van der Waals surface area contributed by atoms with E-state index in [-0.39, 0.29) is 24.8 Å². The summed E-state index contributed by atoms with van der Waals surface area (Å²) in [5.41, 5.74) is 4.03. The van der Waals surface area contributed by atoms with E-state index in [1.54, 1.807) is 0 Å². The quantitative estimate of drug-likeness (QED) is 0.750. The van der Waals surface area contributed by atoms with Crippen LogP contribution in [0.5, 0.6) is 0 Å². The van der Waals surface area contributed by atoms with E-state index in [2.05, 4.69) is 19.2 Å². The Morgan fingerprint density at radius 2 is 2.29 bits per heavy atom. The van der Waals surface area contributed by atoms with Crippen LogP contribution in [0, 0.1) is 6.92 Å². The molecule has 9 heteroatoms. The van der Waals surface area contributed by atoms with Gasteiger partial charge in [-0.3, -0.25) is 9.59 Å². The van der Waals surface area contributed by atoms with Crippen molar-refractivity contribution < 1.29 is 14.7 Å². The number of hydrogen-bond acceptors (Lipinski definition) is 6. The first-order valence-electron chi connectivity index (χ1n) is 7.34. The number of nitrogens with zero attached hydrogens (tertiary/aromatic N) is 4. The molecule has 24 heavy (non-hydrogen) atoms. The Balaban J connectivity index is 1.90. The molecule has 0 saturated carbocycles. The topological polar surface area (TPSA) is 110 Å². The van der Waals surface area contributed by atoms with E-state index in [0.717, 1.165) is 33.9 Å². The largest absolute Gasteiger partial charge is 0.480 e. The summed E-state index contributed by atoms with van der Waals surface area (Å²) >= 11 is 1.13. The van der Waals surface area contributed by atoms with Crippen molar-refractivity contribution in [2.75, 3.05) is 5.32 Å². The highest BCUT2D eigenvalue weighted by molar-refractivity contribution is 7.00. The van der Waals surface area contributed by atoms with Crippen molar-refractivity contribution in [3.63, 3.8) is 0 Å². The van der Waals surface area contributed by atoms with Gasteiger partial charge in [-0.25, -0.2) is 4.68 Å². The molecular weight excluding hydrogens is 330 g/mol. The molecule has 0 fully saturated rings. The van der Waals surface area contributed by atoms with Crippen LogP contribution in [0.1, 0.15) is 29.2 Å². The van der Waals surface area contributed by atoms with Crippen molar-refractivity contribution in [2.45, 2.75) is 25.8 Å². The SMILES string of the molecule is Cc1nn(CC(=O)O)c2c1C(c1cccc3nsnc13)CC(=O)N2. The van der Waals surface area contributed by atoms with Gasteiger partial charge in [0.05, 0.1) is 17.4 Å². The van der Waals surface area contributed by atoms with Gasteiger partial charge in [-0.1, -0.05) is 12.1 Å². The minimum absolute atomic E-state index is 0.167. The van der Waals surface area contributed by atoms with E-state index in [4.69, 9.17) is 5.11 Å². The molecule has 3 heterocycles. The second kappa shape index (κ2) is 5.38. The monoisotopic (exact) mass is 343 g/mol. The van der Waals surface area contributed by atoms with Crippen LogP contribution < -0.4 is 5.32 Å². The van der Waals surface area contributed by atoms with Crippen molar-refractivity contribution in [3.05, 3.63) is 35.0 Å². The zero-order valence-corrected chi connectivity index (χ0v) is 13.5. The first-order valence-corrected chi connectivity index (χ1v) is 8.07. The molecule has 1 aliphatic heterocycles. The smallest absolute Gasteiger partial charge is 0.325 e. The molecule has 122 valence electrons. The molecular formula is C15H13N5O3S. The fourth-order valence-electron chi connectivity index (χ4n) is 3.23. The number of carbonyl (C=O) groups is 2. The number of carbonyl (C=O) groups excluding carboxylic acids is 1. The van der Waals surface area contributed by atoms with Crippen molar-refractivity contribution in [1.82, 2.24) is 18.5 Å². The van der Waals surface area contributed by atoms with Crippen LogP contribution >= 0.6 is 11.7 Å². The molecule has 1 amide bonds. The summed E-state index contributed by atoms with van der Waals surface area (Å²) in [6, 6.07) is 5.71. The second-order valence-corrected chi connectivity index (χ2v) is 6.21. The summed E-state index contributed by atoms with van der Waals surface area (Å²) in [6.07, 6.45) is 0.267. The van der Waals surface area contributed by atoms with Crippen LogP contribution in [0.3, 0.4) is 0 Å². The van der Waals surface area contributed by atoms with Crippen LogP contribution in [0.4, 0.5) is 5.82 Å². The Hall–Kier alpha value is -2.81. The summed E-state index contributed by atoms with van der Waals surface area (Å²) < 4.78 is 9.93. The number of carboxylic acids is 1. The number of hydrogen-bond donors (Lipinski definition) is 2. The summed E-state index contributed by atoms with van der Waals surface area (Å²) in [5, 5.41) is 16.1. The Morgan fingerprint density at radius 1 is 1.46 bits per heavy atom. The van der Waals surface area contributed by atoms with Crippen LogP contribution in [-0.2, 0) is 16.1 Å². The Labute approximate surface area is 140 Å². The van der Waals surface area contributed by atoms with Crippen molar-refractivity contribution in [2.24, 2.45) is 0 Å². The third-order valence-corrected chi connectivity index (χ3v) is 4.69. The third kappa shape index (κ3) is 2.24. The average molecular weight is 343 g/mol. The molecule has 4 rings (SSSR count). The predicted molar refractivity (Wildman–Crippen MR) is 87.1 cm³/mol. The van der Waals surface area contributed by atoms with Crippen LogP contribution in [-0.4, -0.2) is 35.5 Å². The van der Waals surface area contributed by atoms with Gasteiger partial charge in [-0.15, -0.1) is 0 Å². The maximum atomic E-state index is 12.2. The van der Waals surface area contributed by atoms with Gasteiger partial charge in [0.1, 0.15) is 23.4 Å². The van der Waals surface area contributed by atoms with Crippen LogP contribution in [0.25, 0.3) is 11.0 Å². The zero-order chi connectivity index (χ0) is 16.8. The van der Waals surface area contributed by atoms with Gasteiger partial charge >= 0.3 is 5.97 Å². The van der Waals surface area contributed by atoms with Crippen molar-refractivity contribution in [3.8, 4) is 0 Å². The van der Waals surface area contributed by atoms with E-state index in [1.807, 2.05) is 25.1 Å². The molecule has 0 saturated heterocycles. The van der Waals surface area contributed by atoms with Gasteiger partial charge in [-0.2, -0.15) is 13.8 Å². The van der Waals surface area contributed by atoms with Gasteiger partial charge < -0.3 is 10.4 Å². The number of rotatable bonds is 3. The van der Waals surface area contributed by atoms with Gasteiger partial charge in [0.2, 0.25) is 5.91 Å². The fourth-order valence-corrected chi connectivity index (χ4v) is 3.79. The molecule has 0 spiro atoms.